The van der Waals surface area contributed by atoms with Crippen LogP contribution in [0.1, 0.15) is 24.3 Å². The zero-order valence-corrected chi connectivity index (χ0v) is 16.3. The van der Waals surface area contributed by atoms with Gasteiger partial charge in [-0.1, -0.05) is 0 Å². The number of carbonyl (C=O) groups excluding carboxylic acids is 2. The predicted molar refractivity (Wildman–Crippen MR) is 103 cm³/mol. The molecule has 2 amide bonds. The van der Waals surface area contributed by atoms with Crippen LogP contribution in [0.15, 0.2) is 29.6 Å². The molecule has 7 nitrogen and oxygen atoms in total. The molecule has 1 aliphatic rings. The zero-order valence-electron chi connectivity index (χ0n) is 15.5. The minimum Gasteiger partial charge on any atom is -0.494 e. The minimum absolute atomic E-state index is 0.105. The molecule has 0 spiro atoms. The molecule has 0 N–H and O–H groups in total. The van der Waals surface area contributed by atoms with E-state index in [1.165, 1.54) is 11.3 Å². The Kier molecular flexibility index (Phi) is 6.28. The lowest BCUT2D eigenvalue weighted by molar-refractivity contribution is 0.0566. The maximum atomic E-state index is 12.7. The number of thiazole rings is 1. The summed E-state index contributed by atoms with van der Waals surface area (Å²) in [7, 11) is 0. The van der Waals surface area contributed by atoms with Gasteiger partial charge < -0.3 is 19.3 Å². The molecule has 0 bridgehead atoms. The first-order chi connectivity index (χ1) is 13.1. The van der Waals surface area contributed by atoms with Crippen LogP contribution in [0.2, 0.25) is 0 Å². The summed E-state index contributed by atoms with van der Waals surface area (Å²) < 4.78 is 10.4. The van der Waals surface area contributed by atoms with Crippen molar-refractivity contribution in [2.75, 3.05) is 39.4 Å². The van der Waals surface area contributed by atoms with E-state index in [0.717, 1.165) is 16.3 Å². The smallest absolute Gasteiger partial charge is 0.409 e. The molecule has 1 aliphatic heterocycles. The lowest BCUT2D eigenvalue weighted by Crippen LogP contribution is -2.50. The number of amides is 2. The van der Waals surface area contributed by atoms with Crippen molar-refractivity contribution in [1.29, 1.82) is 0 Å². The Labute approximate surface area is 162 Å². The molecule has 0 unspecified atom stereocenters. The molecule has 2 aromatic rings. The molecule has 0 aliphatic carbocycles. The summed E-state index contributed by atoms with van der Waals surface area (Å²) in [6, 6.07) is 7.68. The van der Waals surface area contributed by atoms with Crippen molar-refractivity contribution in [3.63, 3.8) is 0 Å². The number of hydrogen-bond donors (Lipinski definition) is 0. The minimum atomic E-state index is -0.323. The van der Waals surface area contributed by atoms with Crippen LogP contribution >= 0.6 is 11.3 Å². The highest BCUT2D eigenvalue weighted by molar-refractivity contribution is 7.13. The fraction of sp³-hybridized carbons (Fsp3) is 0.421. The third kappa shape index (κ3) is 4.57. The Balaban J connectivity index is 1.61. The first-order valence-corrected chi connectivity index (χ1v) is 9.90. The Morgan fingerprint density at radius 2 is 1.70 bits per heavy atom. The average molecular weight is 389 g/mol. The molecular formula is C19H23N3O4S. The van der Waals surface area contributed by atoms with Gasteiger partial charge in [0.05, 0.1) is 13.2 Å². The standard InChI is InChI=1S/C19H23N3O4S/c1-3-25-15-7-5-14(6-8-15)17-20-16(13-27-17)18(23)21-9-11-22(12-10-21)19(24)26-4-2/h5-8,13H,3-4,9-12H2,1-2H3. The van der Waals surface area contributed by atoms with Crippen LogP contribution in [-0.4, -0.2) is 66.2 Å². The third-order valence-corrected chi connectivity index (χ3v) is 5.12. The molecular weight excluding hydrogens is 366 g/mol. The van der Waals surface area contributed by atoms with Gasteiger partial charge in [-0.15, -0.1) is 11.3 Å². The summed E-state index contributed by atoms with van der Waals surface area (Å²) in [6.45, 7) is 6.60. The predicted octanol–water partition coefficient (Wildman–Crippen LogP) is 3.12. The van der Waals surface area contributed by atoms with E-state index in [0.29, 0.717) is 45.1 Å². The van der Waals surface area contributed by atoms with Gasteiger partial charge >= 0.3 is 6.09 Å². The van der Waals surface area contributed by atoms with Crippen LogP contribution in [0.4, 0.5) is 4.79 Å². The number of ether oxygens (including phenoxy) is 2. The van der Waals surface area contributed by atoms with Crippen molar-refractivity contribution in [2.24, 2.45) is 0 Å². The van der Waals surface area contributed by atoms with Gasteiger partial charge in [0, 0.05) is 37.1 Å². The van der Waals surface area contributed by atoms with Crippen LogP contribution in [0.5, 0.6) is 5.75 Å². The SMILES string of the molecule is CCOC(=O)N1CCN(C(=O)c2csc(-c3ccc(OCC)cc3)n2)CC1. The maximum absolute atomic E-state index is 12.7. The molecule has 0 radical (unpaired) electrons. The topological polar surface area (TPSA) is 72.0 Å². The van der Waals surface area contributed by atoms with Gasteiger partial charge in [-0.2, -0.15) is 0 Å². The highest BCUT2D eigenvalue weighted by atomic mass is 32.1. The summed E-state index contributed by atoms with van der Waals surface area (Å²) in [5.41, 5.74) is 1.39. The molecule has 0 atom stereocenters. The number of rotatable bonds is 5. The van der Waals surface area contributed by atoms with Crippen LogP contribution in [0, 0.1) is 0 Å². The Morgan fingerprint density at radius 3 is 2.33 bits per heavy atom. The van der Waals surface area contributed by atoms with Gasteiger partial charge in [-0.25, -0.2) is 9.78 Å². The molecule has 2 heterocycles. The van der Waals surface area contributed by atoms with Crippen molar-refractivity contribution in [2.45, 2.75) is 13.8 Å². The van der Waals surface area contributed by atoms with Gasteiger partial charge in [0.1, 0.15) is 16.5 Å². The monoisotopic (exact) mass is 389 g/mol. The molecule has 1 saturated heterocycles. The maximum Gasteiger partial charge on any atom is 0.409 e. The summed E-state index contributed by atoms with van der Waals surface area (Å²) in [5.74, 6) is 0.709. The Bertz CT molecular complexity index is 783. The van der Waals surface area contributed by atoms with Gasteiger partial charge in [0.15, 0.2) is 0 Å². The number of carbonyl (C=O) groups is 2. The van der Waals surface area contributed by atoms with E-state index in [9.17, 15) is 9.59 Å². The number of benzene rings is 1. The summed E-state index contributed by atoms with van der Waals surface area (Å²) >= 11 is 1.44. The van der Waals surface area contributed by atoms with Gasteiger partial charge in [-0.05, 0) is 38.1 Å². The van der Waals surface area contributed by atoms with E-state index in [1.54, 1.807) is 22.1 Å². The lowest BCUT2D eigenvalue weighted by atomic mass is 10.2. The molecule has 3 rings (SSSR count). The third-order valence-electron chi connectivity index (χ3n) is 4.23. The Hall–Kier alpha value is -2.61. The van der Waals surface area contributed by atoms with Crippen molar-refractivity contribution in [3.05, 3.63) is 35.3 Å². The molecule has 144 valence electrons. The summed E-state index contributed by atoms with van der Waals surface area (Å²) in [6.07, 6.45) is -0.323. The molecule has 8 heteroatoms. The highest BCUT2D eigenvalue weighted by Gasteiger charge is 2.26. The van der Waals surface area contributed by atoms with Crippen molar-refractivity contribution in [3.8, 4) is 16.3 Å². The molecule has 27 heavy (non-hydrogen) atoms. The molecule has 1 fully saturated rings. The van der Waals surface area contributed by atoms with Crippen LogP contribution < -0.4 is 4.74 Å². The van der Waals surface area contributed by atoms with E-state index < -0.39 is 0 Å². The van der Waals surface area contributed by atoms with Gasteiger partial charge in [0.25, 0.3) is 5.91 Å². The average Bonchev–Trinajstić information content (AvgIpc) is 3.19. The largest absolute Gasteiger partial charge is 0.494 e. The van der Waals surface area contributed by atoms with Crippen molar-refractivity contribution >= 4 is 23.3 Å². The van der Waals surface area contributed by atoms with Gasteiger partial charge in [0.2, 0.25) is 0 Å². The zero-order chi connectivity index (χ0) is 19.2. The molecule has 1 aromatic heterocycles. The number of hydrogen-bond acceptors (Lipinski definition) is 6. The number of piperazine rings is 1. The quantitative estimate of drug-likeness (QED) is 0.786. The Morgan fingerprint density at radius 1 is 1.04 bits per heavy atom. The summed E-state index contributed by atoms with van der Waals surface area (Å²) in [4.78, 5) is 32.3. The molecule has 0 saturated carbocycles. The van der Waals surface area contributed by atoms with Gasteiger partial charge in [-0.3, -0.25) is 4.79 Å². The van der Waals surface area contributed by atoms with Crippen LogP contribution in [-0.2, 0) is 4.74 Å². The lowest BCUT2D eigenvalue weighted by Gasteiger charge is -2.33. The van der Waals surface area contributed by atoms with Crippen LogP contribution in [0.3, 0.4) is 0 Å². The number of nitrogens with zero attached hydrogens (tertiary/aromatic N) is 3. The fourth-order valence-corrected chi connectivity index (χ4v) is 3.63. The first kappa shape index (κ1) is 19.2. The van der Waals surface area contributed by atoms with E-state index in [4.69, 9.17) is 9.47 Å². The summed E-state index contributed by atoms with van der Waals surface area (Å²) in [5, 5.41) is 2.58. The van der Waals surface area contributed by atoms with E-state index in [1.807, 2.05) is 31.2 Å². The normalized spacial score (nSPS) is 14.1. The second-order valence-electron chi connectivity index (χ2n) is 5.97. The fourth-order valence-electron chi connectivity index (χ4n) is 2.83. The molecule has 1 aromatic carbocycles. The van der Waals surface area contributed by atoms with E-state index in [-0.39, 0.29) is 12.0 Å². The van der Waals surface area contributed by atoms with Crippen molar-refractivity contribution < 1.29 is 19.1 Å². The van der Waals surface area contributed by atoms with Crippen LogP contribution in [0.25, 0.3) is 10.6 Å². The second kappa shape index (κ2) is 8.85. The first-order valence-electron chi connectivity index (χ1n) is 9.02. The number of aromatic nitrogens is 1. The highest BCUT2D eigenvalue weighted by Crippen LogP contribution is 2.26. The van der Waals surface area contributed by atoms with E-state index >= 15 is 0 Å². The second-order valence-corrected chi connectivity index (χ2v) is 6.83. The van der Waals surface area contributed by atoms with Crippen molar-refractivity contribution in [1.82, 2.24) is 14.8 Å². The van der Waals surface area contributed by atoms with E-state index in [2.05, 4.69) is 4.98 Å².